The van der Waals surface area contributed by atoms with Crippen LogP contribution >= 0.6 is 23.2 Å². The van der Waals surface area contributed by atoms with E-state index in [9.17, 15) is 4.79 Å². The first-order valence-corrected chi connectivity index (χ1v) is 7.46. The second kappa shape index (κ2) is 7.67. The van der Waals surface area contributed by atoms with Crippen LogP contribution in [-0.4, -0.2) is 37.1 Å². The Hall–Kier alpha value is -1.04. The molecule has 1 aliphatic heterocycles. The molecule has 0 unspecified atom stereocenters. The summed E-state index contributed by atoms with van der Waals surface area (Å²) >= 11 is 11.8. The number of aromatic nitrogens is 1. The monoisotopic (exact) mass is 316 g/mol. The van der Waals surface area contributed by atoms with Gasteiger partial charge in [0.05, 0.1) is 10.0 Å². The molecule has 1 fully saturated rings. The van der Waals surface area contributed by atoms with Gasteiger partial charge in [-0.3, -0.25) is 4.79 Å². The van der Waals surface area contributed by atoms with Crippen LogP contribution < -0.4 is 16.0 Å². The maximum atomic E-state index is 11.9. The molecular formula is C13H18Cl2N4O. The van der Waals surface area contributed by atoms with Gasteiger partial charge in [0.1, 0.15) is 5.82 Å². The number of rotatable bonds is 5. The van der Waals surface area contributed by atoms with Crippen LogP contribution in [0.1, 0.15) is 12.8 Å². The fourth-order valence-corrected chi connectivity index (χ4v) is 2.59. The largest absolute Gasteiger partial charge is 0.367 e. The molecular weight excluding hydrogens is 299 g/mol. The zero-order chi connectivity index (χ0) is 14.4. The third kappa shape index (κ3) is 4.51. The second-order valence-electron chi connectivity index (χ2n) is 4.73. The minimum absolute atomic E-state index is 0.128. The number of carbonyl (C=O) groups excluding carboxylic acids is 1. The summed E-state index contributed by atoms with van der Waals surface area (Å²) in [5.41, 5.74) is 0. The highest BCUT2D eigenvalue weighted by Gasteiger charge is 2.20. The standard InChI is InChI=1S/C13H18Cl2N4O/c14-10-7-11(15)12(19-8-10)17-5-6-18-13(20)9-1-3-16-4-2-9/h7-9,16H,1-6H2,(H,17,19)(H,18,20). The molecule has 0 aliphatic carbocycles. The summed E-state index contributed by atoms with van der Waals surface area (Å²) in [6.45, 7) is 2.95. The quantitative estimate of drug-likeness (QED) is 0.726. The lowest BCUT2D eigenvalue weighted by atomic mass is 9.97. The van der Waals surface area contributed by atoms with E-state index in [2.05, 4.69) is 20.9 Å². The molecule has 7 heteroatoms. The van der Waals surface area contributed by atoms with Gasteiger partial charge in [0.15, 0.2) is 0 Å². The van der Waals surface area contributed by atoms with Crippen molar-refractivity contribution < 1.29 is 4.79 Å². The average molecular weight is 317 g/mol. The normalized spacial score (nSPS) is 15.9. The van der Waals surface area contributed by atoms with E-state index in [-0.39, 0.29) is 11.8 Å². The van der Waals surface area contributed by atoms with Crippen LogP contribution in [0.5, 0.6) is 0 Å². The number of hydrogen-bond donors (Lipinski definition) is 3. The maximum absolute atomic E-state index is 11.9. The number of anilines is 1. The van der Waals surface area contributed by atoms with Gasteiger partial charge in [-0.05, 0) is 32.0 Å². The molecule has 0 atom stereocenters. The summed E-state index contributed by atoms with van der Waals surface area (Å²) in [6, 6.07) is 1.63. The summed E-state index contributed by atoms with van der Waals surface area (Å²) < 4.78 is 0. The highest BCUT2D eigenvalue weighted by atomic mass is 35.5. The van der Waals surface area contributed by atoms with Crippen molar-refractivity contribution in [1.82, 2.24) is 15.6 Å². The molecule has 0 aromatic carbocycles. The Balaban J connectivity index is 1.69. The minimum Gasteiger partial charge on any atom is -0.367 e. The molecule has 1 saturated heterocycles. The first kappa shape index (κ1) is 15.4. The topological polar surface area (TPSA) is 66.0 Å². The van der Waals surface area contributed by atoms with Crippen LogP contribution in [0.2, 0.25) is 10.0 Å². The third-order valence-corrected chi connectivity index (χ3v) is 3.73. The van der Waals surface area contributed by atoms with Crippen molar-refractivity contribution >= 4 is 34.9 Å². The van der Waals surface area contributed by atoms with Crippen molar-refractivity contribution in [1.29, 1.82) is 0 Å². The van der Waals surface area contributed by atoms with Gasteiger partial charge in [0.25, 0.3) is 0 Å². The number of carbonyl (C=O) groups is 1. The fourth-order valence-electron chi connectivity index (χ4n) is 2.14. The first-order valence-electron chi connectivity index (χ1n) is 6.70. The molecule has 1 aliphatic rings. The minimum atomic E-state index is 0.128. The van der Waals surface area contributed by atoms with Gasteiger partial charge in [-0.1, -0.05) is 23.2 Å². The molecule has 0 saturated carbocycles. The van der Waals surface area contributed by atoms with E-state index >= 15 is 0 Å². The predicted molar refractivity (Wildman–Crippen MR) is 81.4 cm³/mol. The summed E-state index contributed by atoms with van der Waals surface area (Å²) in [7, 11) is 0. The summed E-state index contributed by atoms with van der Waals surface area (Å²) in [4.78, 5) is 16.0. The van der Waals surface area contributed by atoms with Crippen LogP contribution in [0.25, 0.3) is 0 Å². The smallest absolute Gasteiger partial charge is 0.223 e. The van der Waals surface area contributed by atoms with Crippen molar-refractivity contribution in [3.8, 4) is 0 Å². The molecule has 110 valence electrons. The molecule has 0 spiro atoms. The van der Waals surface area contributed by atoms with Gasteiger partial charge >= 0.3 is 0 Å². The average Bonchev–Trinajstić information content (AvgIpc) is 2.46. The molecule has 2 heterocycles. The lowest BCUT2D eigenvalue weighted by molar-refractivity contribution is -0.125. The molecule has 1 amide bonds. The Morgan fingerprint density at radius 3 is 2.80 bits per heavy atom. The van der Waals surface area contributed by atoms with Gasteiger partial charge < -0.3 is 16.0 Å². The third-order valence-electron chi connectivity index (χ3n) is 3.23. The lowest BCUT2D eigenvalue weighted by Gasteiger charge is -2.21. The number of piperidine rings is 1. The predicted octanol–water partition coefficient (Wildman–Crippen LogP) is 1.92. The van der Waals surface area contributed by atoms with Crippen molar-refractivity contribution in [2.45, 2.75) is 12.8 Å². The Labute approximate surface area is 128 Å². The number of halogens is 2. The number of hydrogen-bond acceptors (Lipinski definition) is 4. The van der Waals surface area contributed by atoms with Crippen molar-refractivity contribution in [2.24, 2.45) is 5.92 Å². The molecule has 0 radical (unpaired) electrons. The van der Waals surface area contributed by atoms with Crippen molar-refractivity contribution in [2.75, 3.05) is 31.5 Å². The molecule has 0 bridgehead atoms. The Morgan fingerprint density at radius 2 is 2.10 bits per heavy atom. The molecule has 1 aromatic heterocycles. The zero-order valence-corrected chi connectivity index (χ0v) is 12.6. The SMILES string of the molecule is O=C(NCCNc1ncc(Cl)cc1Cl)C1CCNCC1. The van der Waals surface area contributed by atoms with Crippen LogP contribution in [0, 0.1) is 5.92 Å². The Bertz CT molecular complexity index is 464. The van der Waals surface area contributed by atoms with Crippen LogP contribution in [-0.2, 0) is 4.79 Å². The second-order valence-corrected chi connectivity index (χ2v) is 5.57. The number of nitrogens with one attached hydrogen (secondary N) is 3. The maximum Gasteiger partial charge on any atom is 0.223 e. The van der Waals surface area contributed by atoms with E-state index in [4.69, 9.17) is 23.2 Å². The van der Waals surface area contributed by atoms with Crippen LogP contribution in [0.15, 0.2) is 12.3 Å². The van der Waals surface area contributed by atoms with Gasteiger partial charge in [-0.2, -0.15) is 0 Å². The van der Waals surface area contributed by atoms with E-state index in [1.165, 1.54) is 6.20 Å². The Kier molecular flexibility index (Phi) is 5.88. The molecule has 1 aromatic rings. The van der Waals surface area contributed by atoms with Gasteiger partial charge in [0, 0.05) is 25.2 Å². The van der Waals surface area contributed by atoms with Gasteiger partial charge in [-0.25, -0.2) is 4.98 Å². The van der Waals surface area contributed by atoms with E-state index in [0.29, 0.717) is 29.0 Å². The van der Waals surface area contributed by atoms with E-state index in [0.717, 1.165) is 25.9 Å². The molecule has 3 N–H and O–H groups in total. The number of pyridine rings is 1. The van der Waals surface area contributed by atoms with Crippen LogP contribution in [0.4, 0.5) is 5.82 Å². The zero-order valence-electron chi connectivity index (χ0n) is 11.1. The lowest BCUT2D eigenvalue weighted by Crippen LogP contribution is -2.39. The number of amides is 1. The summed E-state index contributed by atoms with van der Waals surface area (Å²) in [5.74, 6) is 0.837. The highest BCUT2D eigenvalue weighted by molar-refractivity contribution is 6.35. The Morgan fingerprint density at radius 1 is 1.35 bits per heavy atom. The van der Waals surface area contributed by atoms with Crippen LogP contribution in [0.3, 0.4) is 0 Å². The molecule has 20 heavy (non-hydrogen) atoms. The highest BCUT2D eigenvalue weighted by Crippen LogP contribution is 2.22. The van der Waals surface area contributed by atoms with Gasteiger partial charge in [0.2, 0.25) is 5.91 Å². The summed E-state index contributed by atoms with van der Waals surface area (Å²) in [6.07, 6.45) is 3.34. The summed E-state index contributed by atoms with van der Waals surface area (Å²) in [5, 5.41) is 10.2. The van der Waals surface area contributed by atoms with E-state index < -0.39 is 0 Å². The fraction of sp³-hybridized carbons (Fsp3) is 0.538. The van der Waals surface area contributed by atoms with E-state index in [1.54, 1.807) is 6.07 Å². The molecule has 2 rings (SSSR count). The van der Waals surface area contributed by atoms with Gasteiger partial charge in [-0.15, -0.1) is 0 Å². The number of nitrogens with zero attached hydrogens (tertiary/aromatic N) is 1. The first-order chi connectivity index (χ1) is 9.66. The van der Waals surface area contributed by atoms with E-state index in [1.807, 2.05) is 0 Å². The van der Waals surface area contributed by atoms with Crippen molar-refractivity contribution in [3.05, 3.63) is 22.3 Å². The molecule has 5 nitrogen and oxygen atoms in total. The van der Waals surface area contributed by atoms with Crippen molar-refractivity contribution in [3.63, 3.8) is 0 Å².